The van der Waals surface area contributed by atoms with E-state index in [9.17, 15) is 23.6 Å². The molecule has 11 heteroatoms. The number of carbonyl (C=O) groups is 2. The number of rotatable bonds is 3. The number of hydrogen-bond acceptors (Lipinski definition) is 5. The predicted octanol–water partition coefficient (Wildman–Crippen LogP) is 2.34. The van der Waals surface area contributed by atoms with Crippen molar-refractivity contribution in [3.05, 3.63) is 47.2 Å². The zero-order valence-corrected chi connectivity index (χ0v) is 14.5. The fourth-order valence-corrected chi connectivity index (χ4v) is 3.42. The molecule has 0 aliphatic carbocycles. The SMILES string of the molecule is O=C1CN(c2c(O)cc(NC(=O)Nc3ccccc3Cl)cc2F)[S+]([O-])N1. The third-order valence-corrected chi connectivity index (χ3v) is 4.81. The Kier molecular flexibility index (Phi) is 5.07. The molecule has 3 amide bonds. The summed E-state index contributed by atoms with van der Waals surface area (Å²) >= 11 is 3.94. The van der Waals surface area contributed by atoms with Crippen LogP contribution in [0.3, 0.4) is 0 Å². The number of aromatic hydroxyl groups is 1. The Hall–Kier alpha value is -2.69. The molecule has 136 valence electrons. The van der Waals surface area contributed by atoms with Gasteiger partial charge >= 0.3 is 6.03 Å². The van der Waals surface area contributed by atoms with E-state index in [0.717, 1.165) is 16.4 Å². The standard InChI is InChI=1S/C15H12ClFN4O4S/c16-9-3-1-2-4-11(9)19-15(24)18-8-5-10(17)14(12(22)6-8)21-7-13(23)20-26(21)25/h1-6,22H,7H2,(H,20,23)(H2,18,19,24). The second kappa shape index (κ2) is 7.28. The number of carbonyl (C=O) groups excluding carboxylic acids is 2. The maximum absolute atomic E-state index is 14.3. The second-order valence-corrected chi connectivity index (χ2v) is 6.75. The summed E-state index contributed by atoms with van der Waals surface area (Å²) in [5, 5.41) is 15.2. The minimum Gasteiger partial charge on any atom is -0.568 e. The van der Waals surface area contributed by atoms with Crippen molar-refractivity contribution < 1.29 is 23.6 Å². The molecule has 0 spiro atoms. The maximum atomic E-state index is 14.3. The molecule has 2 aromatic rings. The fraction of sp³-hybridized carbons (Fsp3) is 0.0667. The first-order valence-corrected chi connectivity index (χ1v) is 8.67. The van der Waals surface area contributed by atoms with Crippen molar-refractivity contribution in [2.24, 2.45) is 0 Å². The Balaban J connectivity index is 1.77. The van der Waals surface area contributed by atoms with Gasteiger partial charge in [0.05, 0.1) is 10.7 Å². The third kappa shape index (κ3) is 3.77. The molecule has 0 saturated carbocycles. The van der Waals surface area contributed by atoms with E-state index in [1.165, 1.54) is 0 Å². The number of phenols is 1. The molecule has 0 bridgehead atoms. The second-order valence-electron chi connectivity index (χ2n) is 5.20. The lowest BCUT2D eigenvalue weighted by molar-refractivity contribution is -0.117. The van der Waals surface area contributed by atoms with E-state index < -0.39 is 40.7 Å². The topological polar surface area (TPSA) is 117 Å². The van der Waals surface area contributed by atoms with E-state index in [1.807, 2.05) is 0 Å². The maximum Gasteiger partial charge on any atom is 0.323 e. The van der Waals surface area contributed by atoms with Crippen LogP contribution >= 0.6 is 11.6 Å². The molecule has 4 N–H and O–H groups in total. The van der Waals surface area contributed by atoms with Gasteiger partial charge in [-0.15, -0.1) is 4.72 Å². The minimum atomic E-state index is -1.99. The lowest BCUT2D eigenvalue weighted by Gasteiger charge is -2.18. The highest BCUT2D eigenvalue weighted by molar-refractivity contribution is 7.92. The van der Waals surface area contributed by atoms with Gasteiger partial charge in [0.1, 0.15) is 5.75 Å². The van der Waals surface area contributed by atoms with Crippen LogP contribution in [0.4, 0.5) is 26.2 Å². The van der Waals surface area contributed by atoms with Crippen molar-refractivity contribution in [2.75, 3.05) is 21.5 Å². The third-order valence-electron chi connectivity index (χ3n) is 3.36. The molecule has 1 aliphatic heterocycles. The molecule has 26 heavy (non-hydrogen) atoms. The molecule has 2 aromatic carbocycles. The van der Waals surface area contributed by atoms with Crippen LogP contribution in [0.1, 0.15) is 0 Å². The normalized spacial score (nSPS) is 16.3. The average molecular weight is 399 g/mol. The van der Waals surface area contributed by atoms with Crippen LogP contribution < -0.4 is 19.7 Å². The zero-order chi connectivity index (χ0) is 18.8. The predicted molar refractivity (Wildman–Crippen MR) is 95.8 cm³/mol. The fourth-order valence-electron chi connectivity index (χ4n) is 2.29. The lowest BCUT2D eigenvalue weighted by Crippen LogP contribution is -2.30. The largest absolute Gasteiger partial charge is 0.568 e. The number of hydrogen-bond donors (Lipinski definition) is 4. The molecule has 1 aliphatic rings. The highest BCUT2D eigenvalue weighted by Crippen LogP contribution is 2.36. The van der Waals surface area contributed by atoms with Crippen LogP contribution in [0.15, 0.2) is 36.4 Å². The molecule has 0 aromatic heterocycles. The summed E-state index contributed by atoms with van der Waals surface area (Å²) in [6.45, 7) is -0.364. The molecular weight excluding hydrogens is 387 g/mol. The van der Waals surface area contributed by atoms with Gasteiger partial charge in [0.2, 0.25) is 0 Å². The summed E-state index contributed by atoms with van der Waals surface area (Å²) in [7, 11) is 0. The van der Waals surface area contributed by atoms with E-state index in [0.29, 0.717) is 10.7 Å². The van der Waals surface area contributed by atoms with E-state index in [1.54, 1.807) is 24.3 Å². The van der Waals surface area contributed by atoms with Gasteiger partial charge in [-0.2, -0.15) is 4.31 Å². The summed E-state index contributed by atoms with van der Waals surface area (Å²) in [6, 6.07) is 7.84. The van der Waals surface area contributed by atoms with Crippen molar-refractivity contribution in [1.29, 1.82) is 0 Å². The number of halogens is 2. The Morgan fingerprint density at radius 3 is 2.69 bits per heavy atom. The molecule has 1 saturated heterocycles. The number of urea groups is 1. The quantitative estimate of drug-likeness (QED) is 0.592. The smallest absolute Gasteiger partial charge is 0.323 e. The Morgan fingerprint density at radius 2 is 2.08 bits per heavy atom. The molecule has 3 rings (SSSR count). The molecular formula is C15H12ClFN4O4S. The number of anilines is 3. The van der Waals surface area contributed by atoms with E-state index in [4.69, 9.17) is 11.6 Å². The molecule has 8 nitrogen and oxygen atoms in total. The van der Waals surface area contributed by atoms with Crippen LogP contribution in [-0.4, -0.2) is 28.1 Å². The molecule has 1 heterocycles. The Bertz CT molecular complexity index is 861. The lowest BCUT2D eigenvalue weighted by atomic mass is 10.2. The van der Waals surface area contributed by atoms with Crippen LogP contribution in [-0.2, 0) is 16.3 Å². The van der Waals surface area contributed by atoms with Crippen LogP contribution in [0, 0.1) is 5.82 Å². The summed E-state index contributed by atoms with van der Waals surface area (Å²) in [4.78, 5) is 23.2. The highest BCUT2D eigenvalue weighted by Gasteiger charge is 2.37. The number of nitrogens with one attached hydrogen (secondary N) is 3. The van der Waals surface area contributed by atoms with Gasteiger partial charge < -0.3 is 20.3 Å². The van der Waals surface area contributed by atoms with E-state index in [2.05, 4.69) is 15.4 Å². The molecule has 1 fully saturated rings. The minimum absolute atomic E-state index is 0.0439. The van der Waals surface area contributed by atoms with Crippen LogP contribution in [0.5, 0.6) is 5.75 Å². The summed E-state index contributed by atoms with van der Waals surface area (Å²) in [5.74, 6) is -2.10. The van der Waals surface area contributed by atoms with Gasteiger partial charge in [-0.05, 0) is 12.1 Å². The van der Waals surface area contributed by atoms with Gasteiger partial charge in [-0.3, -0.25) is 4.79 Å². The Labute approximate surface area is 155 Å². The van der Waals surface area contributed by atoms with Gasteiger partial charge in [0.25, 0.3) is 5.91 Å². The van der Waals surface area contributed by atoms with Gasteiger partial charge in [-0.25, -0.2) is 9.18 Å². The number of phenolic OH excluding ortho intramolecular Hbond substituents is 1. The first-order chi connectivity index (χ1) is 12.3. The van der Waals surface area contributed by atoms with Crippen LogP contribution in [0.2, 0.25) is 5.02 Å². The number of nitrogens with zero attached hydrogens (tertiary/aromatic N) is 1. The van der Waals surface area contributed by atoms with Gasteiger partial charge in [-0.1, -0.05) is 23.7 Å². The van der Waals surface area contributed by atoms with Crippen molar-refractivity contribution >= 4 is 52.1 Å². The summed E-state index contributed by atoms with van der Waals surface area (Å²) in [6.07, 6.45) is 0. The Morgan fingerprint density at radius 1 is 1.35 bits per heavy atom. The molecule has 1 atom stereocenters. The first-order valence-electron chi connectivity index (χ1n) is 7.19. The number of para-hydroxylation sites is 1. The first kappa shape index (κ1) is 18.1. The molecule has 0 radical (unpaired) electrons. The summed E-state index contributed by atoms with van der Waals surface area (Å²) in [5.41, 5.74) is -0.0960. The van der Waals surface area contributed by atoms with Crippen molar-refractivity contribution in [3.8, 4) is 5.75 Å². The number of benzene rings is 2. The van der Waals surface area contributed by atoms with E-state index >= 15 is 0 Å². The molecule has 1 unspecified atom stereocenters. The average Bonchev–Trinajstić information content (AvgIpc) is 2.87. The highest BCUT2D eigenvalue weighted by atomic mass is 35.5. The summed E-state index contributed by atoms with van der Waals surface area (Å²) < 4.78 is 29.0. The number of amides is 3. The zero-order valence-electron chi connectivity index (χ0n) is 13.0. The monoisotopic (exact) mass is 398 g/mol. The van der Waals surface area contributed by atoms with Crippen molar-refractivity contribution in [1.82, 2.24) is 4.72 Å². The van der Waals surface area contributed by atoms with Gasteiger partial charge in [0, 0.05) is 17.8 Å². The van der Waals surface area contributed by atoms with Crippen molar-refractivity contribution in [3.63, 3.8) is 0 Å². The van der Waals surface area contributed by atoms with Gasteiger partial charge in [0.15, 0.2) is 29.6 Å². The van der Waals surface area contributed by atoms with Crippen molar-refractivity contribution in [2.45, 2.75) is 0 Å². The van der Waals surface area contributed by atoms with E-state index in [-0.39, 0.29) is 12.2 Å². The van der Waals surface area contributed by atoms with Crippen LogP contribution in [0.25, 0.3) is 0 Å².